The molecule has 0 aliphatic carbocycles. The molecule has 6 heterocycles. The van der Waals surface area contributed by atoms with Crippen LogP contribution in [0.3, 0.4) is 0 Å². The maximum absolute atomic E-state index is 13.6. The molecule has 8 heteroatoms. The summed E-state index contributed by atoms with van der Waals surface area (Å²) >= 11 is 0. The van der Waals surface area contributed by atoms with E-state index >= 15 is 0 Å². The molecule has 0 spiro atoms. The van der Waals surface area contributed by atoms with Gasteiger partial charge < -0.3 is 24.8 Å². The van der Waals surface area contributed by atoms with Crippen molar-refractivity contribution in [3.05, 3.63) is 198 Å². The minimum absolute atomic E-state index is 0.0354. The molecule has 8 nitrogen and oxygen atoms in total. The fraction of sp³-hybridized carbons (Fsp3) is 0.200. The summed E-state index contributed by atoms with van der Waals surface area (Å²) in [5.74, 6) is 1.96. The minimum atomic E-state index is -0.0397. The first kappa shape index (κ1) is 34.7. The van der Waals surface area contributed by atoms with Gasteiger partial charge in [-0.15, -0.1) is 0 Å². The van der Waals surface area contributed by atoms with Gasteiger partial charge >= 0.3 is 0 Å². The SMILES string of the molecule is C[C@H](c1cccc2ccccc12)N1Cc2c([nH]c3ccccc3c2=O)[C@H]1c1ccc2c(c1)CCO2.O=c1c2c([nH]c3ccccc13)[C@@H](c1ccc3c(c1)CCO3)NC2. The van der Waals surface area contributed by atoms with Crippen molar-refractivity contribution in [1.82, 2.24) is 20.2 Å². The molecular weight excluding hydrogens is 721 g/mol. The normalized spacial score (nSPS) is 18.2. The van der Waals surface area contributed by atoms with E-state index in [-0.39, 0.29) is 29.0 Å². The van der Waals surface area contributed by atoms with Crippen molar-refractivity contribution >= 4 is 32.6 Å². The molecular formula is C50H42N4O4. The molecule has 0 saturated heterocycles. The summed E-state index contributed by atoms with van der Waals surface area (Å²) in [7, 11) is 0. The molecule has 3 atom stereocenters. The number of nitrogens with zero attached hydrogens (tertiary/aromatic N) is 1. The number of hydrogen-bond acceptors (Lipinski definition) is 6. The molecule has 0 radical (unpaired) electrons. The van der Waals surface area contributed by atoms with E-state index in [0.717, 1.165) is 81.9 Å². The highest BCUT2D eigenvalue weighted by Crippen LogP contribution is 2.45. The summed E-state index contributed by atoms with van der Waals surface area (Å²) in [5.41, 5.74) is 11.9. The number of para-hydroxylation sites is 2. The van der Waals surface area contributed by atoms with Crippen molar-refractivity contribution in [2.75, 3.05) is 13.2 Å². The number of hydrogen-bond donors (Lipinski definition) is 3. The van der Waals surface area contributed by atoms with Crippen LogP contribution in [0.15, 0.2) is 137 Å². The lowest BCUT2D eigenvalue weighted by atomic mass is 9.95. The second-order valence-corrected chi connectivity index (χ2v) is 15.8. The maximum atomic E-state index is 13.6. The molecule has 286 valence electrons. The molecule has 4 aliphatic heterocycles. The molecule has 8 aromatic rings. The number of ether oxygens (including phenoxy) is 2. The summed E-state index contributed by atoms with van der Waals surface area (Å²) < 4.78 is 11.4. The summed E-state index contributed by atoms with van der Waals surface area (Å²) in [6.07, 6.45) is 1.88. The summed E-state index contributed by atoms with van der Waals surface area (Å²) in [5, 5.41) is 7.49. The summed E-state index contributed by atoms with van der Waals surface area (Å²) in [6.45, 7) is 4.97. The van der Waals surface area contributed by atoms with Crippen LogP contribution in [0.5, 0.6) is 11.5 Å². The Balaban J connectivity index is 0.000000145. The predicted molar refractivity (Wildman–Crippen MR) is 229 cm³/mol. The highest BCUT2D eigenvalue weighted by atomic mass is 16.5. The Labute approximate surface area is 335 Å². The second kappa shape index (κ2) is 13.9. The van der Waals surface area contributed by atoms with Crippen LogP contribution in [0.1, 0.15) is 75.4 Å². The number of aromatic nitrogens is 2. The van der Waals surface area contributed by atoms with Crippen LogP contribution in [0.4, 0.5) is 0 Å². The highest BCUT2D eigenvalue weighted by Gasteiger charge is 2.38. The van der Waals surface area contributed by atoms with Crippen LogP contribution in [0.25, 0.3) is 32.6 Å². The van der Waals surface area contributed by atoms with Gasteiger partial charge in [0.25, 0.3) is 0 Å². The number of rotatable bonds is 4. The Bertz CT molecular complexity index is 3050. The molecule has 0 bridgehead atoms. The number of fused-ring (bicyclic) bond motifs is 7. The van der Waals surface area contributed by atoms with Gasteiger partial charge in [0.05, 0.1) is 25.3 Å². The van der Waals surface area contributed by atoms with Crippen LogP contribution >= 0.6 is 0 Å². The van der Waals surface area contributed by atoms with Crippen LogP contribution in [-0.4, -0.2) is 28.1 Å². The maximum Gasteiger partial charge on any atom is 0.194 e. The van der Waals surface area contributed by atoms with Gasteiger partial charge in [0.2, 0.25) is 0 Å². The second-order valence-electron chi connectivity index (χ2n) is 15.8. The average molecular weight is 763 g/mol. The quantitative estimate of drug-likeness (QED) is 0.166. The first-order chi connectivity index (χ1) is 28.5. The van der Waals surface area contributed by atoms with Gasteiger partial charge in [-0.3, -0.25) is 14.5 Å². The Morgan fingerprint density at radius 2 is 1.21 bits per heavy atom. The van der Waals surface area contributed by atoms with Crippen molar-refractivity contribution < 1.29 is 9.47 Å². The van der Waals surface area contributed by atoms with E-state index in [1.54, 1.807) is 0 Å². The standard InChI is InChI=1S/C31H26N2O2.C19H16N2O2/c1-19(23-11-6-8-20-7-2-3-9-24(20)23)33-18-26-29(32-27-12-5-4-10-25(27)31(26)34)30(33)22-13-14-28-21(17-22)15-16-35-28;22-19-13-3-1-2-4-15(13)21-18-14(19)10-20-17(18)12-5-6-16-11(9-12)7-8-23-16/h2-14,17,19,30H,15-16,18H2,1H3,(H,32,34);1-6,9,17,20H,7-8,10H2,(H,21,22)/t19-,30-;17-/m11/s1. The van der Waals surface area contributed by atoms with Crippen molar-refractivity contribution in [3.8, 4) is 11.5 Å². The summed E-state index contributed by atoms with van der Waals surface area (Å²) in [6, 6.07) is 43.6. The number of H-pyrrole nitrogens is 2. The Hall–Kier alpha value is -6.48. The Kier molecular flexibility index (Phi) is 8.31. The van der Waals surface area contributed by atoms with Crippen LogP contribution in [0.2, 0.25) is 0 Å². The highest BCUT2D eigenvalue weighted by molar-refractivity contribution is 5.86. The average Bonchev–Trinajstić information content (AvgIpc) is 4.09. The van der Waals surface area contributed by atoms with Crippen LogP contribution in [0, 0.1) is 0 Å². The zero-order valence-corrected chi connectivity index (χ0v) is 32.2. The lowest BCUT2D eigenvalue weighted by molar-refractivity contribution is 0.180. The molecule has 6 aromatic carbocycles. The van der Waals surface area contributed by atoms with E-state index in [9.17, 15) is 9.59 Å². The predicted octanol–water partition coefficient (Wildman–Crippen LogP) is 8.94. The molecule has 0 saturated carbocycles. The minimum Gasteiger partial charge on any atom is -0.493 e. The molecule has 0 amide bonds. The zero-order chi connectivity index (χ0) is 38.9. The summed E-state index contributed by atoms with van der Waals surface area (Å²) in [4.78, 5) is 35.9. The topological polar surface area (TPSA) is 99.5 Å². The molecule has 12 rings (SSSR count). The van der Waals surface area contributed by atoms with E-state index in [2.05, 4.69) is 99.9 Å². The zero-order valence-electron chi connectivity index (χ0n) is 32.2. The van der Waals surface area contributed by atoms with Gasteiger partial charge in [0.1, 0.15) is 11.5 Å². The number of pyridine rings is 2. The molecule has 0 unspecified atom stereocenters. The van der Waals surface area contributed by atoms with Gasteiger partial charge in [0.15, 0.2) is 10.9 Å². The molecule has 2 aromatic heterocycles. The van der Waals surface area contributed by atoms with Crippen molar-refractivity contribution in [2.45, 2.75) is 51.0 Å². The van der Waals surface area contributed by atoms with E-state index in [1.807, 2.05) is 54.6 Å². The molecule has 58 heavy (non-hydrogen) atoms. The third-order valence-electron chi connectivity index (χ3n) is 12.6. The Morgan fingerprint density at radius 1 is 0.621 bits per heavy atom. The third kappa shape index (κ3) is 5.66. The largest absolute Gasteiger partial charge is 0.493 e. The lowest BCUT2D eigenvalue weighted by Crippen LogP contribution is -2.27. The fourth-order valence-corrected chi connectivity index (χ4v) is 9.71. The molecule has 3 N–H and O–H groups in total. The van der Waals surface area contributed by atoms with E-state index < -0.39 is 0 Å². The van der Waals surface area contributed by atoms with Crippen LogP contribution in [-0.2, 0) is 25.9 Å². The number of aromatic amines is 2. The van der Waals surface area contributed by atoms with Crippen molar-refractivity contribution in [2.24, 2.45) is 0 Å². The monoisotopic (exact) mass is 762 g/mol. The first-order valence-electron chi connectivity index (χ1n) is 20.3. The number of nitrogens with one attached hydrogen (secondary N) is 3. The van der Waals surface area contributed by atoms with Crippen LogP contribution < -0.4 is 25.6 Å². The van der Waals surface area contributed by atoms with Gasteiger partial charge in [-0.25, -0.2) is 0 Å². The third-order valence-corrected chi connectivity index (χ3v) is 12.6. The van der Waals surface area contributed by atoms with Crippen molar-refractivity contribution in [3.63, 3.8) is 0 Å². The molecule has 4 aliphatic rings. The smallest absolute Gasteiger partial charge is 0.194 e. The van der Waals surface area contributed by atoms with E-state index in [1.165, 1.54) is 38.6 Å². The van der Waals surface area contributed by atoms with Gasteiger partial charge in [-0.2, -0.15) is 0 Å². The Morgan fingerprint density at radius 3 is 1.93 bits per heavy atom. The van der Waals surface area contributed by atoms with Gasteiger partial charge in [-0.05, 0) is 81.9 Å². The van der Waals surface area contributed by atoms with Gasteiger partial charge in [-0.1, -0.05) is 91.0 Å². The first-order valence-corrected chi connectivity index (χ1v) is 20.3. The number of benzene rings is 6. The molecule has 0 fully saturated rings. The van der Waals surface area contributed by atoms with E-state index in [4.69, 9.17) is 9.47 Å². The van der Waals surface area contributed by atoms with Gasteiger partial charge in [0, 0.05) is 76.3 Å². The fourth-order valence-electron chi connectivity index (χ4n) is 9.71. The van der Waals surface area contributed by atoms with Crippen molar-refractivity contribution in [1.29, 1.82) is 0 Å². The lowest BCUT2D eigenvalue weighted by Gasteiger charge is -2.32. The van der Waals surface area contributed by atoms with E-state index in [0.29, 0.717) is 13.1 Å².